The van der Waals surface area contributed by atoms with Gasteiger partial charge in [-0.05, 0) is 5.56 Å². The number of benzene rings is 1. The molecule has 5 N–H and O–H groups in total. The van der Waals surface area contributed by atoms with E-state index in [9.17, 15) is 14.0 Å². The number of rotatable bonds is 3. The van der Waals surface area contributed by atoms with Gasteiger partial charge < -0.3 is 11.5 Å². The van der Waals surface area contributed by atoms with Gasteiger partial charge in [0.05, 0.1) is 17.8 Å². The maximum absolute atomic E-state index is 13.2. The normalized spacial score (nSPS) is 16.7. The largest absolute Gasteiger partial charge is 0.383 e. The summed E-state index contributed by atoms with van der Waals surface area (Å²) in [7, 11) is 0. The third kappa shape index (κ3) is 2.26. The Balaban J connectivity index is 1.87. The molecular weight excluding hydrogens is 328 g/mol. The van der Waals surface area contributed by atoms with Crippen LogP contribution in [0.5, 0.6) is 0 Å². The van der Waals surface area contributed by atoms with Crippen LogP contribution in [0.1, 0.15) is 30.0 Å². The molecule has 25 heavy (non-hydrogen) atoms. The van der Waals surface area contributed by atoms with E-state index in [0.717, 1.165) is 16.5 Å². The van der Waals surface area contributed by atoms with E-state index in [1.54, 1.807) is 12.3 Å². The zero-order chi connectivity index (χ0) is 17.8. The van der Waals surface area contributed by atoms with Crippen LogP contribution in [0, 0.1) is 11.3 Å². The summed E-state index contributed by atoms with van der Waals surface area (Å²) < 4.78 is 27.7. The van der Waals surface area contributed by atoms with Crippen molar-refractivity contribution in [2.24, 2.45) is 5.73 Å². The van der Waals surface area contributed by atoms with Gasteiger partial charge in [0.1, 0.15) is 23.1 Å². The van der Waals surface area contributed by atoms with Crippen molar-refractivity contribution in [1.82, 2.24) is 20.0 Å². The number of nitrogen functional groups attached to an aromatic ring is 1. The summed E-state index contributed by atoms with van der Waals surface area (Å²) in [5.74, 6) is -2.59. The lowest BCUT2D eigenvalue weighted by molar-refractivity contribution is -0.106. The maximum atomic E-state index is 13.2. The number of H-pyrrole nitrogens is 1. The highest BCUT2D eigenvalue weighted by molar-refractivity contribution is 5.97. The fourth-order valence-electron chi connectivity index (χ4n) is 3.30. The number of aromatic amines is 1. The van der Waals surface area contributed by atoms with E-state index in [0.29, 0.717) is 17.8 Å². The van der Waals surface area contributed by atoms with Crippen LogP contribution in [0.25, 0.3) is 22.2 Å². The molecule has 0 unspecified atom stereocenters. The smallest absolute Gasteiger partial charge is 0.252 e. The number of anilines is 1. The van der Waals surface area contributed by atoms with Crippen LogP contribution in [-0.4, -0.2) is 25.9 Å². The van der Waals surface area contributed by atoms with Gasteiger partial charge in [-0.2, -0.15) is 15.5 Å². The van der Waals surface area contributed by atoms with Gasteiger partial charge in [-0.1, -0.05) is 12.1 Å². The molecule has 7 nitrogen and oxygen atoms in total. The molecule has 0 bridgehead atoms. The summed E-state index contributed by atoms with van der Waals surface area (Å²) in [4.78, 5) is 0. The average molecular weight is 343 g/mol. The lowest BCUT2D eigenvalue weighted by atomic mass is 9.88. The SMILES string of the molecule is N#Cc1c(-c2ccc(CN)c3[nH]ncc23)nn(C2CC(F)(F)C2)c1N. The zero-order valence-corrected chi connectivity index (χ0v) is 13.1. The number of nitrogens with one attached hydrogen (secondary N) is 1. The molecule has 1 aliphatic carbocycles. The van der Waals surface area contributed by atoms with E-state index >= 15 is 0 Å². The van der Waals surface area contributed by atoms with Crippen LogP contribution in [0.3, 0.4) is 0 Å². The van der Waals surface area contributed by atoms with Crippen molar-refractivity contribution in [3.8, 4) is 17.3 Å². The van der Waals surface area contributed by atoms with Gasteiger partial charge >= 0.3 is 0 Å². The van der Waals surface area contributed by atoms with Crippen LogP contribution in [-0.2, 0) is 6.54 Å². The van der Waals surface area contributed by atoms with Gasteiger partial charge in [0.25, 0.3) is 5.92 Å². The molecule has 0 aliphatic heterocycles. The Bertz CT molecular complexity index is 1000. The van der Waals surface area contributed by atoms with E-state index in [-0.39, 0.29) is 24.2 Å². The predicted molar refractivity (Wildman–Crippen MR) is 87.6 cm³/mol. The minimum Gasteiger partial charge on any atom is -0.383 e. The van der Waals surface area contributed by atoms with E-state index < -0.39 is 12.0 Å². The number of aromatic nitrogens is 4. The molecule has 3 aromatic rings. The van der Waals surface area contributed by atoms with Gasteiger partial charge in [-0.25, -0.2) is 13.5 Å². The standard InChI is InChI=1S/C16H15F2N7/c17-16(18)3-9(4-16)25-15(21)11(6-20)14(24-25)10-2-1-8(5-19)13-12(10)7-22-23-13/h1-2,7,9H,3-5,19,21H2,(H,22,23). The summed E-state index contributed by atoms with van der Waals surface area (Å²) >= 11 is 0. The van der Waals surface area contributed by atoms with Crippen molar-refractivity contribution < 1.29 is 8.78 Å². The Hall–Kier alpha value is -2.99. The molecular formula is C16H15F2N7. The van der Waals surface area contributed by atoms with Crippen LogP contribution in [0.2, 0.25) is 0 Å². The number of halogens is 2. The molecule has 9 heteroatoms. The molecule has 1 fully saturated rings. The van der Waals surface area contributed by atoms with Crippen LogP contribution < -0.4 is 11.5 Å². The highest BCUT2D eigenvalue weighted by Gasteiger charge is 2.47. The van der Waals surface area contributed by atoms with Crippen molar-refractivity contribution in [3.63, 3.8) is 0 Å². The van der Waals surface area contributed by atoms with Crippen molar-refractivity contribution in [2.45, 2.75) is 31.4 Å². The topological polar surface area (TPSA) is 122 Å². The molecule has 0 amide bonds. The van der Waals surface area contributed by atoms with Gasteiger partial charge in [-0.15, -0.1) is 0 Å². The van der Waals surface area contributed by atoms with Crippen molar-refractivity contribution in [2.75, 3.05) is 5.73 Å². The summed E-state index contributed by atoms with van der Waals surface area (Å²) in [6, 6.07) is 5.16. The van der Waals surface area contributed by atoms with Gasteiger partial charge in [0.2, 0.25) is 0 Å². The number of hydrogen-bond acceptors (Lipinski definition) is 5. The Morgan fingerprint density at radius 1 is 1.40 bits per heavy atom. The monoisotopic (exact) mass is 343 g/mol. The minimum atomic E-state index is -2.70. The maximum Gasteiger partial charge on any atom is 0.252 e. The van der Waals surface area contributed by atoms with E-state index in [1.165, 1.54) is 4.68 Å². The number of nitrogens with zero attached hydrogens (tertiary/aromatic N) is 4. The molecule has 1 aromatic carbocycles. The lowest BCUT2D eigenvalue weighted by Gasteiger charge is -2.35. The third-order valence-electron chi connectivity index (χ3n) is 4.65. The molecule has 2 aromatic heterocycles. The number of nitriles is 1. The summed E-state index contributed by atoms with van der Waals surface area (Å²) in [6.07, 6.45) is 0.977. The quantitative estimate of drug-likeness (QED) is 0.673. The Morgan fingerprint density at radius 2 is 2.16 bits per heavy atom. The minimum absolute atomic E-state index is 0.109. The zero-order valence-electron chi connectivity index (χ0n) is 13.1. The highest BCUT2D eigenvalue weighted by atomic mass is 19.3. The van der Waals surface area contributed by atoms with Gasteiger partial charge in [0.15, 0.2) is 0 Å². The molecule has 0 spiro atoms. The molecule has 128 valence electrons. The first-order valence-electron chi connectivity index (χ1n) is 7.76. The van der Waals surface area contributed by atoms with E-state index in [2.05, 4.69) is 15.3 Å². The fourth-order valence-corrected chi connectivity index (χ4v) is 3.30. The molecule has 0 radical (unpaired) electrons. The lowest BCUT2D eigenvalue weighted by Crippen LogP contribution is -2.37. The first-order valence-corrected chi connectivity index (χ1v) is 7.76. The van der Waals surface area contributed by atoms with Gasteiger partial charge in [-0.3, -0.25) is 5.10 Å². The molecule has 2 heterocycles. The van der Waals surface area contributed by atoms with E-state index in [4.69, 9.17) is 11.5 Å². The van der Waals surface area contributed by atoms with E-state index in [1.807, 2.05) is 12.1 Å². The molecule has 0 saturated heterocycles. The van der Waals surface area contributed by atoms with Gasteiger partial charge in [0, 0.05) is 30.3 Å². The summed E-state index contributed by atoms with van der Waals surface area (Å²) in [6.45, 7) is 0.331. The van der Waals surface area contributed by atoms with Crippen LogP contribution >= 0.6 is 0 Å². The van der Waals surface area contributed by atoms with Crippen molar-refractivity contribution >= 4 is 16.7 Å². The highest BCUT2D eigenvalue weighted by Crippen LogP contribution is 2.47. The second-order valence-corrected chi connectivity index (χ2v) is 6.22. The van der Waals surface area contributed by atoms with Crippen LogP contribution in [0.4, 0.5) is 14.6 Å². The Kier molecular flexibility index (Phi) is 3.27. The van der Waals surface area contributed by atoms with Crippen LogP contribution in [0.15, 0.2) is 18.3 Å². The number of fused-ring (bicyclic) bond motifs is 1. The first kappa shape index (κ1) is 15.5. The summed E-state index contributed by atoms with van der Waals surface area (Å²) in [5, 5.41) is 21.6. The first-order chi connectivity index (χ1) is 11.9. The second-order valence-electron chi connectivity index (χ2n) is 6.22. The number of hydrogen-bond donors (Lipinski definition) is 3. The van der Waals surface area contributed by atoms with Crippen molar-refractivity contribution in [3.05, 3.63) is 29.5 Å². The molecule has 1 saturated carbocycles. The third-order valence-corrected chi connectivity index (χ3v) is 4.65. The predicted octanol–water partition coefficient (Wildman–Crippen LogP) is 2.31. The second kappa shape index (κ2) is 5.26. The van der Waals surface area contributed by atoms with Crippen molar-refractivity contribution in [1.29, 1.82) is 5.26 Å². The molecule has 4 rings (SSSR count). The average Bonchev–Trinajstić information content (AvgIpc) is 3.16. The number of alkyl halides is 2. The fraction of sp³-hybridized carbons (Fsp3) is 0.312. The molecule has 0 atom stereocenters. The Morgan fingerprint density at radius 3 is 2.80 bits per heavy atom. The summed E-state index contributed by atoms with van der Waals surface area (Å²) in [5.41, 5.74) is 14.6. The Labute approximate surface area is 141 Å². The number of nitrogens with two attached hydrogens (primary N) is 2. The molecule has 1 aliphatic rings.